The van der Waals surface area contributed by atoms with Crippen molar-refractivity contribution in [3.8, 4) is 5.75 Å². The van der Waals surface area contributed by atoms with Crippen LogP contribution in [0.3, 0.4) is 0 Å². The summed E-state index contributed by atoms with van der Waals surface area (Å²) in [4.78, 5) is 14.5. The summed E-state index contributed by atoms with van der Waals surface area (Å²) in [5.74, 6) is 0.750. The van der Waals surface area contributed by atoms with E-state index in [2.05, 4.69) is 50.4 Å². The maximum atomic E-state index is 12.8. The third kappa shape index (κ3) is 4.27. The van der Waals surface area contributed by atoms with Gasteiger partial charge in [0.1, 0.15) is 5.75 Å². The molecule has 1 atom stereocenters. The smallest absolute Gasteiger partial charge is 0.242 e. The second-order valence-corrected chi connectivity index (χ2v) is 9.06. The summed E-state index contributed by atoms with van der Waals surface area (Å²) in [6, 6.07) is 20.0. The Bertz CT molecular complexity index is 1160. The number of rotatable bonds is 5. The van der Waals surface area contributed by atoms with Crippen molar-refractivity contribution in [2.24, 2.45) is 10.2 Å². The van der Waals surface area contributed by atoms with Gasteiger partial charge in [0.25, 0.3) is 0 Å². The first-order chi connectivity index (χ1) is 14.6. The molecule has 152 valence electrons. The van der Waals surface area contributed by atoms with E-state index in [1.54, 1.807) is 18.2 Å². The minimum absolute atomic E-state index is 0.0434. The molecule has 3 aromatic rings. The molecule has 7 heteroatoms. The van der Waals surface area contributed by atoms with Crippen LogP contribution in [0.2, 0.25) is 0 Å². The maximum Gasteiger partial charge on any atom is 0.242 e. The Morgan fingerprint density at radius 2 is 1.97 bits per heavy atom. The SMILES string of the molecule is COc1ccc(Br)cc1/C=N\N=C1/S[C@H](C)C(=O)N1Cc1cccc2ccccc12. The predicted octanol–water partition coefficient (Wildman–Crippen LogP) is 5.46. The number of carbonyl (C=O) groups excluding carboxylic acids is 1. The van der Waals surface area contributed by atoms with Crippen molar-refractivity contribution in [2.75, 3.05) is 7.11 Å². The van der Waals surface area contributed by atoms with Crippen LogP contribution in [0.25, 0.3) is 10.8 Å². The number of nitrogens with zero attached hydrogens (tertiary/aromatic N) is 3. The molecule has 3 aromatic carbocycles. The van der Waals surface area contributed by atoms with Crippen LogP contribution < -0.4 is 4.74 Å². The Morgan fingerprint density at radius 1 is 1.17 bits per heavy atom. The van der Waals surface area contributed by atoms with Gasteiger partial charge < -0.3 is 4.74 Å². The van der Waals surface area contributed by atoms with E-state index in [0.717, 1.165) is 26.4 Å². The van der Waals surface area contributed by atoms with Gasteiger partial charge in [0.2, 0.25) is 5.91 Å². The number of thioether (sulfide) groups is 1. The molecule has 0 aliphatic carbocycles. The fourth-order valence-electron chi connectivity index (χ4n) is 3.36. The van der Waals surface area contributed by atoms with Crippen LogP contribution >= 0.6 is 27.7 Å². The van der Waals surface area contributed by atoms with Crippen LogP contribution in [0.15, 0.2) is 75.3 Å². The topological polar surface area (TPSA) is 54.3 Å². The molecular formula is C23H20BrN3O2S. The van der Waals surface area contributed by atoms with Crippen LogP contribution in [0, 0.1) is 0 Å². The average molecular weight is 482 g/mol. The van der Waals surface area contributed by atoms with Crippen molar-refractivity contribution in [1.29, 1.82) is 0 Å². The minimum atomic E-state index is -0.186. The van der Waals surface area contributed by atoms with E-state index in [1.807, 2.05) is 43.3 Å². The van der Waals surface area contributed by atoms with E-state index in [9.17, 15) is 4.79 Å². The number of halogens is 1. The summed E-state index contributed by atoms with van der Waals surface area (Å²) in [6.45, 7) is 2.36. The Morgan fingerprint density at radius 3 is 2.80 bits per heavy atom. The largest absolute Gasteiger partial charge is 0.496 e. The number of amides is 1. The number of amidine groups is 1. The molecule has 0 unspecified atom stereocenters. The van der Waals surface area contributed by atoms with Crippen molar-refractivity contribution < 1.29 is 9.53 Å². The molecule has 4 rings (SSSR count). The van der Waals surface area contributed by atoms with Gasteiger partial charge in [-0.1, -0.05) is 70.2 Å². The zero-order chi connectivity index (χ0) is 21.1. The molecular weight excluding hydrogens is 462 g/mol. The van der Waals surface area contributed by atoms with E-state index < -0.39 is 0 Å². The maximum absolute atomic E-state index is 12.8. The second-order valence-electron chi connectivity index (χ2n) is 6.84. The Kier molecular flexibility index (Phi) is 6.20. The second kappa shape index (κ2) is 9.02. The van der Waals surface area contributed by atoms with E-state index in [-0.39, 0.29) is 11.2 Å². The molecule has 1 aliphatic rings. The van der Waals surface area contributed by atoms with Gasteiger partial charge in [-0.05, 0) is 41.5 Å². The highest BCUT2D eigenvalue weighted by Crippen LogP contribution is 2.30. The molecule has 1 amide bonds. The normalized spacial score (nSPS) is 18.1. The number of benzene rings is 3. The predicted molar refractivity (Wildman–Crippen MR) is 127 cm³/mol. The fraction of sp³-hybridized carbons (Fsp3) is 0.174. The molecule has 1 fully saturated rings. The van der Waals surface area contributed by atoms with E-state index >= 15 is 0 Å². The van der Waals surface area contributed by atoms with E-state index in [4.69, 9.17) is 4.74 Å². The molecule has 5 nitrogen and oxygen atoms in total. The Labute approximate surface area is 188 Å². The van der Waals surface area contributed by atoms with Crippen molar-refractivity contribution in [1.82, 2.24) is 4.90 Å². The number of hydrogen-bond donors (Lipinski definition) is 0. The number of methoxy groups -OCH3 is 1. The molecule has 30 heavy (non-hydrogen) atoms. The third-order valence-electron chi connectivity index (χ3n) is 4.87. The number of fused-ring (bicyclic) bond motifs is 1. The standard InChI is InChI=1S/C23H20BrN3O2S/c1-15-22(28)27(14-17-8-5-7-16-6-3-4-9-20(16)17)23(30-15)26-25-13-18-12-19(24)10-11-21(18)29-2/h3-13,15H,14H2,1-2H3/b25-13-,26-23-/t15-/m1/s1. The van der Waals surface area contributed by atoms with Gasteiger partial charge in [-0.25, -0.2) is 0 Å². The van der Waals surface area contributed by atoms with Crippen LogP contribution in [-0.2, 0) is 11.3 Å². The number of ether oxygens (including phenoxy) is 1. The van der Waals surface area contributed by atoms with Crippen molar-refractivity contribution in [3.05, 3.63) is 76.3 Å². The van der Waals surface area contributed by atoms with Crippen molar-refractivity contribution >= 4 is 55.8 Å². The summed E-state index contributed by atoms with van der Waals surface area (Å²) in [6.07, 6.45) is 1.64. The van der Waals surface area contributed by atoms with Gasteiger partial charge in [-0.2, -0.15) is 5.10 Å². The number of carbonyl (C=O) groups is 1. The first-order valence-electron chi connectivity index (χ1n) is 9.46. The molecule has 0 N–H and O–H groups in total. The van der Waals surface area contributed by atoms with Crippen LogP contribution in [0.5, 0.6) is 5.75 Å². The summed E-state index contributed by atoms with van der Waals surface area (Å²) >= 11 is 4.88. The van der Waals surface area contributed by atoms with Crippen LogP contribution in [0.4, 0.5) is 0 Å². The first-order valence-corrected chi connectivity index (χ1v) is 11.1. The highest BCUT2D eigenvalue weighted by Gasteiger charge is 2.35. The first kappa shape index (κ1) is 20.6. The van der Waals surface area contributed by atoms with Gasteiger partial charge in [0, 0.05) is 10.0 Å². The van der Waals surface area contributed by atoms with Crippen LogP contribution in [0.1, 0.15) is 18.1 Å². The van der Waals surface area contributed by atoms with E-state index in [0.29, 0.717) is 17.5 Å². The highest BCUT2D eigenvalue weighted by molar-refractivity contribution is 9.10. The lowest BCUT2D eigenvalue weighted by atomic mass is 10.0. The van der Waals surface area contributed by atoms with E-state index in [1.165, 1.54) is 11.8 Å². The summed E-state index contributed by atoms with van der Waals surface area (Å²) in [5, 5.41) is 11.3. The minimum Gasteiger partial charge on any atom is -0.496 e. The van der Waals surface area contributed by atoms with Gasteiger partial charge in [-0.3, -0.25) is 9.69 Å². The molecule has 1 aliphatic heterocycles. The zero-order valence-corrected chi connectivity index (χ0v) is 19.0. The summed E-state index contributed by atoms with van der Waals surface area (Å²) < 4.78 is 6.29. The summed E-state index contributed by atoms with van der Waals surface area (Å²) in [5.41, 5.74) is 1.89. The average Bonchev–Trinajstić information content (AvgIpc) is 3.02. The summed E-state index contributed by atoms with van der Waals surface area (Å²) in [7, 11) is 1.62. The quantitative estimate of drug-likeness (QED) is 0.358. The van der Waals surface area contributed by atoms with Crippen LogP contribution in [-0.4, -0.2) is 34.5 Å². The Balaban J connectivity index is 1.62. The molecule has 0 radical (unpaired) electrons. The van der Waals surface area contributed by atoms with Gasteiger partial charge >= 0.3 is 0 Å². The number of hydrogen-bond acceptors (Lipinski definition) is 5. The molecule has 0 aromatic heterocycles. The van der Waals surface area contributed by atoms with Gasteiger partial charge in [0.05, 0.1) is 25.1 Å². The lowest BCUT2D eigenvalue weighted by molar-refractivity contribution is -0.126. The lowest BCUT2D eigenvalue weighted by Gasteiger charge is -2.17. The van der Waals surface area contributed by atoms with Crippen molar-refractivity contribution in [3.63, 3.8) is 0 Å². The lowest BCUT2D eigenvalue weighted by Crippen LogP contribution is -2.30. The Hall–Kier alpha value is -2.64. The molecule has 1 heterocycles. The van der Waals surface area contributed by atoms with Gasteiger partial charge in [0.15, 0.2) is 5.17 Å². The molecule has 1 saturated heterocycles. The third-order valence-corrected chi connectivity index (χ3v) is 6.43. The molecule has 0 spiro atoms. The highest BCUT2D eigenvalue weighted by atomic mass is 79.9. The molecule has 0 saturated carbocycles. The van der Waals surface area contributed by atoms with Gasteiger partial charge in [-0.15, -0.1) is 5.10 Å². The van der Waals surface area contributed by atoms with Crippen molar-refractivity contribution in [2.45, 2.75) is 18.7 Å². The monoisotopic (exact) mass is 481 g/mol. The zero-order valence-electron chi connectivity index (χ0n) is 16.6. The fourth-order valence-corrected chi connectivity index (χ4v) is 4.66. The molecule has 0 bridgehead atoms.